The minimum Gasteiger partial charge on any atom is -0.380 e. The van der Waals surface area contributed by atoms with E-state index in [1.165, 1.54) is 18.2 Å². The summed E-state index contributed by atoms with van der Waals surface area (Å²) in [5.41, 5.74) is 0.664. The lowest BCUT2D eigenvalue weighted by atomic mass is 10.0. The molecular weight excluding hydrogens is 383 g/mol. The average Bonchev–Trinajstić information content (AvgIpc) is 3.47. The van der Waals surface area contributed by atoms with E-state index in [1.807, 2.05) is 0 Å². The van der Waals surface area contributed by atoms with Gasteiger partial charge in [0.1, 0.15) is 11.4 Å². The minimum atomic E-state index is -1.17. The molecule has 0 atom stereocenters. The molecule has 1 N–H and O–H groups in total. The van der Waals surface area contributed by atoms with Crippen LogP contribution in [0.1, 0.15) is 23.2 Å². The molecular formula is C21H20ClFN2O3. The highest BCUT2D eigenvalue weighted by Crippen LogP contribution is 2.37. The first-order valence-electron chi connectivity index (χ1n) is 9.24. The number of hydrogen-bond donors (Lipinski definition) is 1. The smallest absolute Gasteiger partial charge is 0.254 e. The Morgan fingerprint density at radius 3 is 2.18 bits per heavy atom. The van der Waals surface area contributed by atoms with Gasteiger partial charge in [0.25, 0.3) is 11.8 Å². The number of piperazine rings is 1. The molecule has 1 saturated heterocycles. The predicted molar refractivity (Wildman–Crippen MR) is 104 cm³/mol. The number of nitrogens with zero attached hydrogens (tertiary/aromatic N) is 2. The van der Waals surface area contributed by atoms with Crippen molar-refractivity contribution in [3.05, 3.63) is 58.9 Å². The van der Waals surface area contributed by atoms with Crippen LogP contribution in [0.3, 0.4) is 0 Å². The first kappa shape index (κ1) is 18.9. The van der Waals surface area contributed by atoms with Crippen molar-refractivity contribution < 1.29 is 19.1 Å². The largest absolute Gasteiger partial charge is 0.380 e. The maximum absolute atomic E-state index is 13.5. The summed E-state index contributed by atoms with van der Waals surface area (Å²) in [6.07, 6.45) is 1.04. The van der Waals surface area contributed by atoms with Crippen LogP contribution in [0.4, 0.5) is 4.39 Å². The lowest BCUT2D eigenvalue weighted by Gasteiger charge is -2.35. The van der Waals surface area contributed by atoms with Crippen molar-refractivity contribution in [2.45, 2.75) is 18.4 Å². The van der Waals surface area contributed by atoms with Crippen LogP contribution < -0.4 is 0 Å². The first-order chi connectivity index (χ1) is 13.4. The monoisotopic (exact) mass is 402 g/mol. The summed E-state index contributed by atoms with van der Waals surface area (Å²) in [7, 11) is 0. The van der Waals surface area contributed by atoms with Gasteiger partial charge in [0.05, 0.1) is 0 Å². The van der Waals surface area contributed by atoms with Gasteiger partial charge in [0.15, 0.2) is 0 Å². The van der Waals surface area contributed by atoms with E-state index in [2.05, 4.69) is 0 Å². The first-order valence-corrected chi connectivity index (χ1v) is 9.62. The molecule has 0 unspecified atom stereocenters. The van der Waals surface area contributed by atoms with Crippen LogP contribution in [0.2, 0.25) is 5.02 Å². The number of carbonyl (C=O) groups excluding carboxylic acids is 2. The fraction of sp³-hybridized carbons (Fsp3) is 0.333. The summed E-state index contributed by atoms with van der Waals surface area (Å²) in [6, 6.07) is 11.1. The number of hydrogen-bond acceptors (Lipinski definition) is 3. The number of carbonyl (C=O) groups is 2. The van der Waals surface area contributed by atoms with Crippen LogP contribution in [0.5, 0.6) is 0 Å². The highest BCUT2D eigenvalue weighted by atomic mass is 35.5. The molecule has 2 amide bonds. The molecule has 4 rings (SSSR count). The highest BCUT2D eigenvalue weighted by molar-refractivity contribution is 6.33. The van der Waals surface area contributed by atoms with Gasteiger partial charge in [0, 0.05) is 42.3 Å². The number of halogens is 2. The summed E-state index contributed by atoms with van der Waals surface area (Å²) < 4.78 is 13.5. The summed E-state index contributed by atoms with van der Waals surface area (Å²) in [5.74, 6) is -0.715. The molecule has 1 heterocycles. The number of benzene rings is 2. The van der Waals surface area contributed by atoms with Crippen LogP contribution in [0, 0.1) is 5.82 Å². The molecule has 7 heteroatoms. The van der Waals surface area contributed by atoms with E-state index in [0.717, 1.165) is 5.56 Å². The normalized spacial score (nSPS) is 18.1. The van der Waals surface area contributed by atoms with E-state index in [4.69, 9.17) is 11.6 Å². The average molecular weight is 403 g/mol. The van der Waals surface area contributed by atoms with Crippen molar-refractivity contribution in [1.29, 1.82) is 0 Å². The van der Waals surface area contributed by atoms with Crippen LogP contribution in [-0.4, -0.2) is 58.5 Å². The highest BCUT2D eigenvalue weighted by Gasteiger charge is 2.50. The van der Waals surface area contributed by atoms with E-state index in [0.29, 0.717) is 55.2 Å². The Morgan fingerprint density at radius 2 is 1.57 bits per heavy atom. The molecule has 0 bridgehead atoms. The third-order valence-corrected chi connectivity index (χ3v) is 5.68. The number of aliphatic hydroxyl groups is 1. The fourth-order valence-corrected chi connectivity index (χ4v) is 3.66. The zero-order valence-corrected chi connectivity index (χ0v) is 16.0. The van der Waals surface area contributed by atoms with Crippen LogP contribution in [0.25, 0.3) is 11.1 Å². The minimum absolute atomic E-state index is 0.117. The molecule has 0 spiro atoms. The molecule has 2 fully saturated rings. The standard InChI is InChI=1S/C21H20ClFN2O3/c22-18-6-5-16(23)13-17(18)14-1-3-15(4-2-14)19(26)24-9-11-25(12-10-24)20(27)21(28)7-8-21/h1-6,13,28H,7-12H2. The summed E-state index contributed by atoms with van der Waals surface area (Å²) in [6.45, 7) is 1.70. The summed E-state index contributed by atoms with van der Waals surface area (Å²) in [5, 5.41) is 10.4. The maximum atomic E-state index is 13.5. The van der Waals surface area contributed by atoms with E-state index in [-0.39, 0.29) is 17.6 Å². The molecule has 146 valence electrons. The second-order valence-electron chi connectivity index (χ2n) is 7.32. The lowest BCUT2D eigenvalue weighted by molar-refractivity contribution is -0.143. The van der Waals surface area contributed by atoms with Gasteiger partial charge in [-0.1, -0.05) is 23.7 Å². The van der Waals surface area contributed by atoms with Gasteiger partial charge in [-0.15, -0.1) is 0 Å². The molecule has 0 radical (unpaired) electrons. The van der Waals surface area contributed by atoms with Crippen molar-refractivity contribution in [2.24, 2.45) is 0 Å². The van der Waals surface area contributed by atoms with Gasteiger partial charge in [-0.05, 0) is 48.7 Å². The van der Waals surface area contributed by atoms with Crippen LogP contribution >= 0.6 is 11.6 Å². The zero-order chi connectivity index (χ0) is 19.9. The van der Waals surface area contributed by atoms with Gasteiger partial charge in [-0.25, -0.2) is 4.39 Å². The molecule has 1 aliphatic carbocycles. The quantitative estimate of drug-likeness (QED) is 0.858. The fourth-order valence-electron chi connectivity index (χ4n) is 3.43. The van der Waals surface area contributed by atoms with Gasteiger partial charge in [-0.2, -0.15) is 0 Å². The molecule has 28 heavy (non-hydrogen) atoms. The van der Waals surface area contributed by atoms with Crippen molar-refractivity contribution in [2.75, 3.05) is 26.2 Å². The second-order valence-corrected chi connectivity index (χ2v) is 7.72. The Hall–Kier alpha value is -2.44. The van der Waals surface area contributed by atoms with Gasteiger partial charge >= 0.3 is 0 Å². The van der Waals surface area contributed by atoms with Crippen molar-refractivity contribution >= 4 is 23.4 Å². The number of amides is 2. The lowest BCUT2D eigenvalue weighted by Crippen LogP contribution is -2.53. The second kappa shape index (κ2) is 7.18. The van der Waals surface area contributed by atoms with E-state index >= 15 is 0 Å². The molecule has 2 aromatic rings. The van der Waals surface area contributed by atoms with Crippen LogP contribution in [-0.2, 0) is 4.79 Å². The maximum Gasteiger partial charge on any atom is 0.254 e. The Labute approximate surface area is 167 Å². The van der Waals surface area contributed by atoms with Crippen molar-refractivity contribution in [3.63, 3.8) is 0 Å². The van der Waals surface area contributed by atoms with Gasteiger partial charge < -0.3 is 14.9 Å². The Balaban J connectivity index is 1.42. The van der Waals surface area contributed by atoms with Crippen LogP contribution in [0.15, 0.2) is 42.5 Å². The SMILES string of the molecule is O=C(c1ccc(-c2cc(F)ccc2Cl)cc1)N1CCN(C(=O)C2(O)CC2)CC1. The third-order valence-electron chi connectivity index (χ3n) is 5.35. The Morgan fingerprint density at radius 1 is 0.964 bits per heavy atom. The Kier molecular flexibility index (Phi) is 4.85. The summed E-state index contributed by atoms with van der Waals surface area (Å²) in [4.78, 5) is 28.3. The molecule has 0 aromatic heterocycles. The molecule has 2 aliphatic rings. The van der Waals surface area contributed by atoms with E-state index in [9.17, 15) is 19.1 Å². The van der Waals surface area contributed by atoms with Gasteiger partial charge in [-0.3, -0.25) is 9.59 Å². The van der Waals surface area contributed by atoms with Crippen molar-refractivity contribution in [3.8, 4) is 11.1 Å². The topological polar surface area (TPSA) is 60.9 Å². The molecule has 5 nitrogen and oxygen atoms in total. The van der Waals surface area contributed by atoms with E-state index < -0.39 is 5.60 Å². The van der Waals surface area contributed by atoms with Gasteiger partial charge in [0.2, 0.25) is 0 Å². The molecule has 1 saturated carbocycles. The molecule has 1 aliphatic heterocycles. The zero-order valence-electron chi connectivity index (χ0n) is 15.2. The predicted octanol–water partition coefficient (Wildman–Crippen LogP) is 2.96. The Bertz CT molecular complexity index is 920. The molecule has 2 aromatic carbocycles. The van der Waals surface area contributed by atoms with Crippen molar-refractivity contribution in [1.82, 2.24) is 9.80 Å². The third kappa shape index (κ3) is 3.62. The van der Waals surface area contributed by atoms with E-state index in [1.54, 1.807) is 34.1 Å². The summed E-state index contributed by atoms with van der Waals surface area (Å²) >= 11 is 6.14. The number of rotatable bonds is 3.